The molecule has 0 aliphatic rings. The summed E-state index contributed by atoms with van der Waals surface area (Å²) in [5.41, 5.74) is 3.52. The number of carboxylic acids is 1. The van der Waals surface area contributed by atoms with Gasteiger partial charge in [0.15, 0.2) is 0 Å². The van der Waals surface area contributed by atoms with Crippen molar-refractivity contribution >= 4 is 5.97 Å². The lowest BCUT2D eigenvalue weighted by Crippen LogP contribution is -2.11. The molecular formula is C15H17NO2. The van der Waals surface area contributed by atoms with Gasteiger partial charge in [-0.3, -0.25) is 0 Å². The zero-order valence-electron chi connectivity index (χ0n) is 10.8. The monoisotopic (exact) mass is 243 g/mol. The van der Waals surface area contributed by atoms with E-state index in [9.17, 15) is 9.90 Å². The fourth-order valence-electron chi connectivity index (χ4n) is 2.14. The van der Waals surface area contributed by atoms with Crippen LogP contribution >= 0.6 is 0 Å². The molecule has 0 fully saturated rings. The summed E-state index contributed by atoms with van der Waals surface area (Å²) in [6.07, 6.45) is 0. The highest BCUT2D eigenvalue weighted by Gasteiger charge is 2.16. The van der Waals surface area contributed by atoms with Crippen LogP contribution in [0.2, 0.25) is 0 Å². The number of carbonyl (C=O) groups is 1. The molecule has 0 bridgehead atoms. The highest BCUT2D eigenvalue weighted by molar-refractivity contribution is 5.87. The van der Waals surface area contributed by atoms with Crippen molar-refractivity contribution in [2.45, 2.75) is 26.8 Å². The highest BCUT2D eigenvalue weighted by atomic mass is 16.4. The van der Waals surface area contributed by atoms with Crippen LogP contribution in [0.25, 0.3) is 11.3 Å². The molecule has 0 radical (unpaired) electrons. The first-order valence-corrected chi connectivity index (χ1v) is 6.02. The average Bonchev–Trinajstić information content (AvgIpc) is 2.74. The first kappa shape index (κ1) is 12.4. The van der Waals surface area contributed by atoms with Crippen LogP contribution in [0.4, 0.5) is 0 Å². The van der Waals surface area contributed by atoms with Crippen molar-refractivity contribution in [3.05, 3.63) is 47.7 Å². The maximum Gasteiger partial charge on any atom is 0.352 e. The molecule has 0 spiro atoms. The van der Waals surface area contributed by atoms with Crippen molar-refractivity contribution in [2.75, 3.05) is 0 Å². The third-order valence-electron chi connectivity index (χ3n) is 3.00. The zero-order valence-corrected chi connectivity index (χ0v) is 10.8. The zero-order chi connectivity index (χ0) is 13.3. The predicted octanol–water partition coefficient (Wildman–Crippen LogP) is 3.74. The Hall–Kier alpha value is -2.03. The van der Waals surface area contributed by atoms with Crippen LogP contribution in [0.3, 0.4) is 0 Å². The molecule has 0 aliphatic heterocycles. The number of hydrogen-bond donors (Lipinski definition) is 1. The fraction of sp³-hybridized carbons (Fsp3) is 0.267. The highest BCUT2D eigenvalue weighted by Crippen LogP contribution is 2.26. The quantitative estimate of drug-likeness (QED) is 0.892. The smallest absolute Gasteiger partial charge is 0.352 e. The number of aromatic nitrogens is 1. The molecule has 2 aromatic rings. The van der Waals surface area contributed by atoms with Crippen molar-refractivity contribution in [1.82, 2.24) is 4.57 Å². The van der Waals surface area contributed by atoms with E-state index in [1.165, 1.54) is 5.56 Å². The van der Waals surface area contributed by atoms with Crippen LogP contribution < -0.4 is 0 Å². The Morgan fingerprint density at radius 3 is 2.22 bits per heavy atom. The van der Waals surface area contributed by atoms with Crippen molar-refractivity contribution < 1.29 is 9.90 Å². The number of nitrogens with zero attached hydrogens (tertiary/aromatic N) is 1. The van der Waals surface area contributed by atoms with Crippen LogP contribution in [0.1, 0.15) is 35.9 Å². The van der Waals surface area contributed by atoms with E-state index in [4.69, 9.17) is 0 Å². The van der Waals surface area contributed by atoms with E-state index in [-0.39, 0.29) is 6.04 Å². The molecule has 3 nitrogen and oxygen atoms in total. The summed E-state index contributed by atoms with van der Waals surface area (Å²) >= 11 is 0. The third kappa shape index (κ3) is 2.16. The van der Waals surface area contributed by atoms with Crippen LogP contribution in [0, 0.1) is 6.92 Å². The SMILES string of the molecule is Cc1ccc(-c2ccc(C(=O)O)n2C(C)C)cc1. The number of aryl methyl sites for hydroxylation is 1. The largest absolute Gasteiger partial charge is 0.477 e. The van der Waals surface area contributed by atoms with Gasteiger partial charge in [0.1, 0.15) is 5.69 Å². The van der Waals surface area contributed by atoms with Crippen LogP contribution in [0.15, 0.2) is 36.4 Å². The van der Waals surface area contributed by atoms with Crippen LogP contribution in [-0.2, 0) is 0 Å². The Balaban J connectivity index is 2.57. The van der Waals surface area contributed by atoms with E-state index < -0.39 is 5.97 Å². The summed E-state index contributed by atoms with van der Waals surface area (Å²) in [6.45, 7) is 6.02. The van der Waals surface area contributed by atoms with E-state index in [2.05, 4.69) is 0 Å². The molecule has 0 saturated heterocycles. The van der Waals surface area contributed by atoms with Gasteiger partial charge in [-0.1, -0.05) is 29.8 Å². The summed E-state index contributed by atoms with van der Waals surface area (Å²) in [5, 5.41) is 9.20. The standard InChI is InChI=1S/C15H17NO2/c1-10(2)16-13(8-9-14(16)15(17)18)12-6-4-11(3)5-7-12/h4-10H,1-3H3,(H,17,18). The second-order valence-electron chi connectivity index (χ2n) is 4.74. The van der Waals surface area contributed by atoms with Crippen molar-refractivity contribution in [2.24, 2.45) is 0 Å². The fourth-order valence-corrected chi connectivity index (χ4v) is 2.14. The molecule has 2 rings (SSSR count). The molecule has 18 heavy (non-hydrogen) atoms. The molecule has 1 aromatic carbocycles. The van der Waals surface area contributed by atoms with Gasteiger partial charge in [0.25, 0.3) is 0 Å². The van der Waals surface area contributed by atoms with Gasteiger partial charge < -0.3 is 9.67 Å². The molecule has 1 N–H and O–H groups in total. The number of benzene rings is 1. The first-order valence-electron chi connectivity index (χ1n) is 6.02. The Kier molecular flexibility index (Phi) is 3.24. The maximum absolute atomic E-state index is 11.2. The lowest BCUT2D eigenvalue weighted by atomic mass is 10.1. The summed E-state index contributed by atoms with van der Waals surface area (Å²) in [6, 6.07) is 11.8. The van der Waals surface area contributed by atoms with E-state index in [0.29, 0.717) is 5.69 Å². The Bertz CT molecular complexity index is 565. The Morgan fingerprint density at radius 2 is 1.72 bits per heavy atom. The number of carboxylic acid groups (broad SMARTS) is 1. The van der Waals surface area contributed by atoms with Gasteiger partial charge in [0.05, 0.1) is 0 Å². The Labute approximate surface area is 107 Å². The molecule has 0 aliphatic carbocycles. The first-order chi connectivity index (χ1) is 8.50. The summed E-state index contributed by atoms with van der Waals surface area (Å²) in [5.74, 6) is -0.887. The minimum absolute atomic E-state index is 0.113. The number of rotatable bonds is 3. The molecule has 0 atom stereocenters. The average molecular weight is 243 g/mol. The van der Waals surface area contributed by atoms with Gasteiger partial charge >= 0.3 is 5.97 Å². The van der Waals surface area contributed by atoms with Gasteiger partial charge in [-0.05, 0) is 38.5 Å². The van der Waals surface area contributed by atoms with Gasteiger partial charge in [0.2, 0.25) is 0 Å². The molecule has 1 aromatic heterocycles. The molecule has 94 valence electrons. The summed E-state index contributed by atoms with van der Waals surface area (Å²) in [7, 11) is 0. The van der Waals surface area contributed by atoms with E-state index in [0.717, 1.165) is 11.3 Å². The molecular weight excluding hydrogens is 226 g/mol. The van der Waals surface area contributed by atoms with Crippen molar-refractivity contribution in [3.8, 4) is 11.3 Å². The summed E-state index contributed by atoms with van der Waals surface area (Å²) < 4.78 is 1.85. The van der Waals surface area contributed by atoms with Crippen molar-refractivity contribution in [3.63, 3.8) is 0 Å². The molecule has 0 amide bonds. The van der Waals surface area contributed by atoms with Gasteiger partial charge in [-0.2, -0.15) is 0 Å². The van der Waals surface area contributed by atoms with E-state index in [1.807, 2.05) is 55.7 Å². The number of aromatic carboxylic acids is 1. The summed E-state index contributed by atoms with van der Waals surface area (Å²) in [4.78, 5) is 11.2. The van der Waals surface area contributed by atoms with Gasteiger partial charge in [-0.25, -0.2) is 4.79 Å². The number of hydrogen-bond acceptors (Lipinski definition) is 1. The van der Waals surface area contributed by atoms with Crippen molar-refractivity contribution in [1.29, 1.82) is 0 Å². The molecule has 3 heteroatoms. The van der Waals surface area contributed by atoms with E-state index in [1.54, 1.807) is 6.07 Å². The molecule has 1 heterocycles. The Morgan fingerprint density at radius 1 is 1.11 bits per heavy atom. The third-order valence-corrected chi connectivity index (χ3v) is 3.00. The van der Waals surface area contributed by atoms with Gasteiger partial charge in [0, 0.05) is 11.7 Å². The van der Waals surface area contributed by atoms with Gasteiger partial charge in [-0.15, -0.1) is 0 Å². The predicted molar refractivity (Wildman–Crippen MR) is 71.9 cm³/mol. The lowest BCUT2D eigenvalue weighted by Gasteiger charge is -2.15. The normalized spacial score (nSPS) is 10.9. The lowest BCUT2D eigenvalue weighted by molar-refractivity contribution is 0.0683. The van der Waals surface area contributed by atoms with E-state index >= 15 is 0 Å². The van der Waals surface area contributed by atoms with Crippen LogP contribution in [-0.4, -0.2) is 15.6 Å². The maximum atomic E-state index is 11.2. The minimum Gasteiger partial charge on any atom is -0.477 e. The van der Waals surface area contributed by atoms with Crippen LogP contribution in [0.5, 0.6) is 0 Å². The second-order valence-corrected chi connectivity index (χ2v) is 4.74. The molecule has 0 unspecified atom stereocenters. The minimum atomic E-state index is -0.887. The topological polar surface area (TPSA) is 42.2 Å². The molecule has 0 saturated carbocycles. The second kappa shape index (κ2) is 4.69.